The van der Waals surface area contributed by atoms with Gasteiger partial charge in [0.15, 0.2) is 0 Å². The summed E-state index contributed by atoms with van der Waals surface area (Å²) in [7, 11) is 0. The van der Waals surface area contributed by atoms with E-state index in [0.29, 0.717) is 12.3 Å². The molecule has 19 heavy (non-hydrogen) atoms. The van der Waals surface area contributed by atoms with Gasteiger partial charge in [-0.1, -0.05) is 35.2 Å². The van der Waals surface area contributed by atoms with Gasteiger partial charge in [0, 0.05) is 5.39 Å². The topological polar surface area (TPSA) is 73.3 Å². The van der Waals surface area contributed by atoms with E-state index in [2.05, 4.69) is 5.10 Å². The van der Waals surface area contributed by atoms with Crippen LogP contribution in [-0.2, 0) is 6.61 Å². The largest absolute Gasteiger partial charge is 0.506 e. The lowest BCUT2D eigenvalue weighted by Gasteiger charge is -2.07. The number of hydrogen-bond acceptors (Lipinski definition) is 4. The van der Waals surface area contributed by atoms with Gasteiger partial charge in [-0.2, -0.15) is 0 Å². The highest BCUT2D eigenvalue weighted by Gasteiger charge is 2.07. The quantitative estimate of drug-likeness (QED) is 0.554. The van der Waals surface area contributed by atoms with E-state index < -0.39 is 0 Å². The Labute approximate surface area is 109 Å². The molecule has 0 aliphatic heterocycles. The highest BCUT2D eigenvalue weighted by Crippen LogP contribution is 2.26. The second-order valence-corrected chi connectivity index (χ2v) is 4.25. The Balaban J connectivity index is 1.87. The number of phenolic OH excluding ortho intramolecular Hbond substituents is 1. The van der Waals surface area contributed by atoms with Crippen molar-refractivity contribution in [2.45, 2.75) is 6.61 Å². The van der Waals surface area contributed by atoms with Crippen molar-refractivity contribution in [1.82, 2.24) is 9.94 Å². The van der Waals surface area contributed by atoms with Gasteiger partial charge in [0.2, 0.25) is 0 Å². The number of fused-ring (bicyclic) bond motifs is 1. The second kappa shape index (κ2) is 4.53. The van der Waals surface area contributed by atoms with Crippen LogP contribution in [-0.4, -0.2) is 15.1 Å². The molecule has 1 aromatic heterocycles. The summed E-state index contributed by atoms with van der Waals surface area (Å²) in [4.78, 5) is 7.02. The fourth-order valence-electron chi connectivity index (χ4n) is 1.87. The normalized spacial score (nSPS) is 10.7. The molecule has 0 unspecified atom stereocenters. The van der Waals surface area contributed by atoms with Crippen molar-refractivity contribution in [2.24, 2.45) is 0 Å². The van der Waals surface area contributed by atoms with E-state index in [0.717, 1.165) is 16.5 Å². The summed E-state index contributed by atoms with van der Waals surface area (Å²) in [5.41, 5.74) is 7.76. The maximum atomic E-state index is 9.53. The molecule has 0 radical (unpaired) electrons. The molecule has 0 bridgehead atoms. The molecule has 5 nitrogen and oxygen atoms in total. The summed E-state index contributed by atoms with van der Waals surface area (Å²) >= 11 is 0. The molecule has 0 amide bonds. The van der Waals surface area contributed by atoms with Gasteiger partial charge in [0.1, 0.15) is 17.9 Å². The minimum absolute atomic E-state index is 0.0510. The third kappa shape index (κ3) is 2.18. The molecule has 0 saturated heterocycles. The average molecular weight is 255 g/mol. The van der Waals surface area contributed by atoms with Crippen molar-refractivity contribution >= 4 is 16.6 Å². The Bertz CT molecular complexity index is 707. The molecular weight excluding hydrogens is 242 g/mol. The molecular formula is C14H13N3O2. The lowest BCUT2D eigenvalue weighted by atomic mass is 10.2. The van der Waals surface area contributed by atoms with Crippen LogP contribution in [0.3, 0.4) is 0 Å². The van der Waals surface area contributed by atoms with Crippen molar-refractivity contribution in [1.29, 1.82) is 0 Å². The van der Waals surface area contributed by atoms with Gasteiger partial charge >= 0.3 is 0 Å². The first-order valence-electron chi connectivity index (χ1n) is 5.87. The van der Waals surface area contributed by atoms with E-state index in [4.69, 9.17) is 10.6 Å². The summed E-state index contributed by atoms with van der Waals surface area (Å²) in [6.45, 7) is 0.415. The predicted octanol–water partition coefficient (Wildman–Crippen LogP) is 1.95. The van der Waals surface area contributed by atoms with E-state index in [-0.39, 0.29) is 5.75 Å². The number of aromatic nitrogens is 2. The van der Waals surface area contributed by atoms with Gasteiger partial charge in [-0.15, -0.1) is 5.10 Å². The number of hydrogen-bond donors (Lipinski definition) is 2. The molecule has 1 heterocycles. The van der Waals surface area contributed by atoms with Crippen LogP contribution in [0.5, 0.6) is 5.75 Å². The zero-order valence-corrected chi connectivity index (χ0v) is 10.2. The van der Waals surface area contributed by atoms with E-state index >= 15 is 0 Å². The van der Waals surface area contributed by atoms with Crippen molar-refractivity contribution in [3.63, 3.8) is 0 Å². The van der Waals surface area contributed by atoms with Crippen molar-refractivity contribution in [2.75, 3.05) is 5.73 Å². The summed E-state index contributed by atoms with van der Waals surface area (Å²) in [5.74, 6) is 0.0510. The van der Waals surface area contributed by atoms with Gasteiger partial charge in [0.05, 0.1) is 11.9 Å². The summed E-state index contributed by atoms with van der Waals surface area (Å²) in [6, 6.07) is 13.0. The molecule has 5 heteroatoms. The number of nitrogens with zero attached hydrogens (tertiary/aromatic N) is 2. The molecule has 3 rings (SSSR count). The molecule has 0 spiro atoms. The molecule has 0 saturated carbocycles. The van der Waals surface area contributed by atoms with Gasteiger partial charge in [-0.3, -0.25) is 0 Å². The monoisotopic (exact) mass is 255 g/mol. The van der Waals surface area contributed by atoms with Crippen LogP contribution < -0.4 is 10.6 Å². The third-order valence-electron chi connectivity index (χ3n) is 2.88. The standard InChI is InChI=1S/C14H13N3O2/c15-12-7-13-11(6-14(12)18)8-16-17(13)19-9-10-4-2-1-3-5-10/h1-8,18H,9,15H2. The number of nitrogen functional groups attached to an aromatic ring is 1. The number of phenols is 1. The Morgan fingerprint density at radius 3 is 2.79 bits per heavy atom. The first kappa shape index (κ1) is 11.4. The van der Waals surface area contributed by atoms with Crippen LogP contribution in [0.25, 0.3) is 10.9 Å². The van der Waals surface area contributed by atoms with E-state index in [9.17, 15) is 5.11 Å². The Hall–Kier alpha value is -2.69. The van der Waals surface area contributed by atoms with E-state index in [1.165, 1.54) is 4.85 Å². The molecule has 2 aromatic carbocycles. The number of anilines is 1. The van der Waals surface area contributed by atoms with Gasteiger partial charge < -0.3 is 15.7 Å². The zero-order valence-electron chi connectivity index (χ0n) is 10.2. The Morgan fingerprint density at radius 1 is 1.21 bits per heavy atom. The summed E-state index contributed by atoms with van der Waals surface area (Å²) in [6.07, 6.45) is 1.62. The highest BCUT2D eigenvalue weighted by atomic mass is 16.7. The van der Waals surface area contributed by atoms with Crippen LogP contribution >= 0.6 is 0 Å². The number of rotatable bonds is 3. The Kier molecular flexibility index (Phi) is 2.72. The number of benzene rings is 2. The van der Waals surface area contributed by atoms with Crippen LogP contribution in [0.4, 0.5) is 5.69 Å². The molecule has 96 valence electrons. The van der Waals surface area contributed by atoms with Crippen LogP contribution in [0, 0.1) is 0 Å². The first-order chi connectivity index (χ1) is 9.24. The highest BCUT2D eigenvalue weighted by molar-refractivity contribution is 5.84. The van der Waals surface area contributed by atoms with Crippen molar-refractivity contribution < 1.29 is 9.94 Å². The third-order valence-corrected chi connectivity index (χ3v) is 2.88. The fourth-order valence-corrected chi connectivity index (χ4v) is 1.87. The van der Waals surface area contributed by atoms with Gasteiger partial charge in [-0.05, 0) is 17.7 Å². The average Bonchev–Trinajstić information content (AvgIpc) is 2.80. The second-order valence-electron chi connectivity index (χ2n) is 4.25. The van der Waals surface area contributed by atoms with Gasteiger partial charge in [0.25, 0.3) is 0 Å². The minimum Gasteiger partial charge on any atom is -0.506 e. The molecule has 3 N–H and O–H groups in total. The van der Waals surface area contributed by atoms with Crippen molar-refractivity contribution in [3.05, 3.63) is 54.2 Å². The van der Waals surface area contributed by atoms with Crippen LogP contribution in [0.2, 0.25) is 0 Å². The number of aromatic hydroxyl groups is 1. The smallest absolute Gasteiger partial charge is 0.142 e. The molecule has 0 atom stereocenters. The van der Waals surface area contributed by atoms with Gasteiger partial charge in [-0.25, -0.2) is 0 Å². The maximum absolute atomic E-state index is 9.53. The molecule has 3 aromatic rings. The molecule has 0 fully saturated rings. The summed E-state index contributed by atoms with van der Waals surface area (Å²) < 4.78 is 0. The van der Waals surface area contributed by atoms with Crippen LogP contribution in [0.1, 0.15) is 5.56 Å². The Morgan fingerprint density at radius 2 is 2.00 bits per heavy atom. The first-order valence-corrected chi connectivity index (χ1v) is 5.87. The SMILES string of the molecule is Nc1cc2c(cnn2OCc2ccccc2)cc1O. The van der Waals surface area contributed by atoms with E-state index in [1.807, 2.05) is 30.3 Å². The lowest BCUT2D eigenvalue weighted by molar-refractivity contribution is 0.0795. The number of nitrogens with two attached hydrogens (primary N) is 1. The molecule has 0 aliphatic rings. The minimum atomic E-state index is 0.0510. The lowest BCUT2D eigenvalue weighted by Crippen LogP contribution is -2.12. The molecule has 0 aliphatic carbocycles. The summed E-state index contributed by atoms with van der Waals surface area (Å²) in [5, 5.41) is 14.4. The predicted molar refractivity (Wildman–Crippen MR) is 72.5 cm³/mol. The van der Waals surface area contributed by atoms with E-state index in [1.54, 1.807) is 18.3 Å². The zero-order chi connectivity index (χ0) is 13.2. The van der Waals surface area contributed by atoms with Crippen LogP contribution in [0.15, 0.2) is 48.7 Å². The van der Waals surface area contributed by atoms with Crippen molar-refractivity contribution in [3.8, 4) is 5.75 Å². The maximum Gasteiger partial charge on any atom is 0.142 e. The fraction of sp³-hybridized carbons (Fsp3) is 0.0714.